The summed E-state index contributed by atoms with van der Waals surface area (Å²) < 4.78 is 28.3. The lowest BCUT2D eigenvalue weighted by Gasteiger charge is -2.12. The van der Waals surface area contributed by atoms with Crippen LogP contribution >= 0.6 is 27.5 Å². The Bertz CT molecular complexity index is 779. The third-order valence-electron chi connectivity index (χ3n) is 2.95. The summed E-state index contributed by atoms with van der Waals surface area (Å²) in [5.41, 5.74) is 7.29. The first-order chi connectivity index (χ1) is 9.83. The molecule has 0 aliphatic carbocycles. The first-order valence-electron chi connectivity index (χ1n) is 6.11. The van der Waals surface area contributed by atoms with Gasteiger partial charge in [0, 0.05) is 11.0 Å². The molecule has 0 aliphatic rings. The monoisotopic (exact) mass is 388 g/mol. The molecule has 2 rings (SSSR count). The fourth-order valence-electron chi connectivity index (χ4n) is 1.83. The van der Waals surface area contributed by atoms with E-state index in [1.165, 1.54) is 0 Å². The van der Waals surface area contributed by atoms with Crippen LogP contribution in [-0.4, -0.2) is 8.42 Å². The van der Waals surface area contributed by atoms with E-state index in [2.05, 4.69) is 20.7 Å². The molecule has 2 aromatic rings. The second kappa shape index (κ2) is 6.36. The average molecular weight is 390 g/mol. The molecule has 0 heterocycles. The number of rotatable bonds is 4. The normalized spacial score (nSPS) is 11.4. The molecule has 0 saturated carbocycles. The van der Waals surface area contributed by atoms with Crippen molar-refractivity contribution < 1.29 is 8.42 Å². The summed E-state index contributed by atoms with van der Waals surface area (Å²) in [6, 6.07) is 10.1. The van der Waals surface area contributed by atoms with E-state index in [1.54, 1.807) is 43.3 Å². The Morgan fingerprint density at radius 2 is 1.95 bits per heavy atom. The average Bonchev–Trinajstić information content (AvgIpc) is 2.42. The summed E-state index contributed by atoms with van der Waals surface area (Å²) in [6.45, 7) is 2.01. The summed E-state index contributed by atoms with van der Waals surface area (Å²) in [7, 11) is -3.72. The number of hydrogen-bond acceptors (Lipinski definition) is 3. The van der Waals surface area contributed by atoms with Gasteiger partial charge in [-0.25, -0.2) is 8.42 Å². The van der Waals surface area contributed by atoms with E-state index in [4.69, 9.17) is 17.3 Å². The number of halogens is 2. The summed E-state index contributed by atoms with van der Waals surface area (Å²) in [4.78, 5) is 0.199. The van der Waals surface area contributed by atoms with Crippen LogP contribution < -0.4 is 10.5 Å². The number of hydrogen-bond donors (Lipinski definition) is 2. The molecule has 0 aromatic heterocycles. The number of benzene rings is 2. The minimum atomic E-state index is -3.72. The predicted octanol–water partition coefficient (Wildman–Crippen LogP) is 3.67. The maximum atomic E-state index is 12.5. The topological polar surface area (TPSA) is 72.2 Å². The van der Waals surface area contributed by atoms with E-state index in [-0.39, 0.29) is 11.4 Å². The van der Waals surface area contributed by atoms with Gasteiger partial charge in [0.2, 0.25) is 0 Å². The molecule has 0 aliphatic heterocycles. The summed E-state index contributed by atoms with van der Waals surface area (Å²) >= 11 is 9.32. The van der Waals surface area contributed by atoms with Crippen LogP contribution in [0.3, 0.4) is 0 Å². The fourth-order valence-corrected chi connectivity index (χ4v) is 3.99. The zero-order valence-corrected chi connectivity index (χ0v) is 14.4. The standard InChI is InChI=1S/C14H14BrClN2O2S/c1-9-2-3-10(8-17)6-14(9)21(19,20)18-13-5-4-11(15)7-12(13)16/h2-7,18H,8,17H2,1H3. The molecule has 112 valence electrons. The Labute approximate surface area is 137 Å². The Kier molecular flexibility index (Phi) is 4.93. The molecule has 21 heavy (non-hydrogen) atoms. The fraction of sp³-hybridized carbons (Fsp3) is 0.143. The van der Waals surface area contributed by atoms with Gasteiger partial charge >= 0.3 is 0 Å². The zero-order chi connectivity index (χ0) is 15.6. The van der Waals surface area contributed by atoms with Crippen molar-refractivity contribution in [3.8, 4) is 0 Å². The number of anilines is 1. The smallest absolute Gasteiger partial charge is 0.262 e. The molecule has 0 spiro atoms. The zero-order valence-electron chi connectivity index (χ0n) is 11.2. The van der Waals surface area contributed by atoms with E-state index in [0.29, 0.717) is 16.3 Å². The number of aryl methyl sites for hydroxylation is 1. The van der Waals surface area contributed by atoms with Crippen LogP contribution in [0, 0.1) is 6.92 Å². The molecule has 0 atom stereocenters. The molecule has 0 bridgehead atoms. The van der Waals surface area contributed by atoms with E-state index >= 15 is 0 Å². The van der Waals surface area contributed by atoms with E-state index in [0.717, 1.165) is 10.0 Å². The van der Waals surface area contributed by atoms with Crippen molar-refractivity contribution in [2.24, 2.45) is 5.73 Å². The molecular weight excluding hydrogens is 376 g/mol. The Morgan fingerprint density at radius 1 is 1.24 bits per heavy atom. The number of nitrogens with two attached hydrogens (primary N) is 1. The van der Waals surface area contributed by atoms with Gasteiger partial charge < -0.3 is 5.73 Å². The van der Waals surface area contributed by atoms with Crippen LogP contribution in [0.15, 0.2) is 45.8 Å². The predicted molar refractivity (Wildman–Crippen MR) is 89.0 cm³/mol. The molecule has 0 radical (unpaired) electrons. The van der Waals surface area contributed by atoms with Crippen LogP contribution in [-0.2, 0) is 16.6 Å². The van der Waals surface area contributed by atoms with Crippen LogP contribution in [0.4, 0.5) is 5.69 Å². The van der Waals surface area contributed by atoms with Crippen LogP contribution in [0.25, 0.3) is 0 Å². The highest BCUT2D eigenvalue weighted by molar-refractivity contribution is 9.10. The first kappa shape index (κ1) is 16.3. The van der Waals surface area contributed by atoms with Crippen molar-refractivity contribution in [3.63, 3.8) is 0 Å². The lowest BCUT2D eigenvalue weighted by Crippen LogP contribution is -2.15. The van der Waals surface area contributed by atoms with Crippen molar-refractivity contribution in [2.45, 2.75) is 18.4 Å². The molecule has 0 fully saturated rings. The molecule has 7 heteroatoms. The second-order valence-electron chi connectivity index (χ2n) is 4.53. The third kappa shape index (κ3) is 3.77. The summed E-state index contributed by atoms with van der Waals surface area (Å²) in [5, 5.41) is 0.320. The molecule has 4 nitrogen and oxygen atoms in total. The SMILES string of the molecule is Cc1ccc(CN)cc1S(=O)(=O)Nc1ccc(Br)cc1Cl. The van der Waals surface area contributed by atoms with Crippen molar-refractivity contribution >= 4 is 43.2 Å². The summed E-state index contributed by atoms with van der Waals surface area (Å²) in [5.74, 6) is 0. The second-order valence-corrected chi connectivity index (χ2v) is 7.51. The first-order valence-corrected chi connectivity index (χ1v) is 8.76. The van der Waals surface area contributed by atoms with Gasteiger partial charge in [0.1, 0.15) is 0 Å². The van der Waals surface area contributed by atoms with Gasteiger partial charge in [0.15, 0.2) is 0 Å². The molecule has 0 saturated heterocycles. The molecule has 2 aromatic carbocycles. The van der Waals surface area contributed by atoms with Gasteiger partial charge in [-0.2, -0.15) is 0 Å². The van der Waals surface area contributed by atoms with Crippen molar-refractivity contribution in [1.29, 1.82) is 0 Å². The number of nitrogens with one attached hydrogen (secondary N) is 1. The van der Waals surface area contributed by atoms with Gasteiger partial charge in [-0.05, 0) is 42.3 Å². The highest BCUT2D eigenvalue weighted by Crippen LogP contribution is 2.28. The van der Waals surface area contributed by atoms with Crippen molar-refractivity contribution in [1.82, 2.24) is 0 Å². The summed E-state index contributed by atoms with van der Waals surface area (Å²) in [6.07, 6.45) is 0. The molecular formula is C14H14BrClN2O2S. The lowest BCUT2D eigenvalue weighted by atomic mass is 10.1. The van der Waals surface area contributed by atoms with Crippen LogP contribution in [0.2, 0.25) is 5.02 Å². The highest BCUT2D eigenvalue weighted by atomic mass is 79.9. The van der Waals surface area contributed by atoms with Crippen molar-refractivity contribution in [3.05, 3.63) is 57.0 Å². The van der Waals surface area contributed by atoms with Gasteiger partial charge in [-0.15, -0.1) is 0 Å². The lowest BCUT2D eigenvalue weighted by molar-refractivity contribution is 0.600. The number of sulfonamides is 1. The Balaban J connectivity index is 2.43. The molecule has 3 N–H and O–H groups in total. The maximum Gasteiger partial charge on any atom is 0.262 e. The molecule has 0 unspecified atom stereocenters. The largest absolute Gasteiger partial charge is 0.326 e. The van der Waals surface area contributed by atoms with Gasteiger partial charge in [-0.1, -0.05) is 39.7 Å². The van der Waals surface area contributed by atoms with Gasteiger partial charge in [-0.3, -0.25) is 4.72 Å². The van der Waals surface area contributed by atoms with Crippen LogP contribution in [0.5, 0.6) is 0 Å². The van der Waals surface area contributed by atoms with Crippen LogP contribution in [0.1, 0.15) is 11.1 Å². The van der Waals surface area contributed by atoms with Crippen molar-refractivity contribution in [2.75, 3.05) is 4.72 Å². The third-order valence-corrected chi connectivity index (χ3v) is 5.27. The minimum Gasteiger partial charge on any atom is -0.326 e. The highest BCUT2D eigenvalue weighted by Gasteiger charge is 2.18. The Hall–Kier alpha value is -1.08. The quantitative estimate of drug-likeness (QED) is 0.838. The van der Waals surface area contributed by atoms with Gasteiger partial charge in [0.05, 0.1) is 15.6 Å². The van der Waals surface area contributed by atoms with E-state index in [1.807, 2.05) is 0 Å². The van der Waals surface area contributed by atoms with E-state index < -0.39 is 10.0 Å². The molecule has 0 amide bonds. The van der Waals surface area contributed by atoms with Gasteiger partial charge in [0.25, 0.3) is 10.0 Å². The van der Waals surface area contributed by atoms with E-state index in [9.17, 15) is 8.42 Å². The maximum absolute atomic E-state index is 12.5. The minimum absolute atomic E-state index is 0.199. The Morgan fingerprint density at radius 3 is 2.57 bits per heavy atom.